The molecule has 1 aliphatic rings. The molecule has 0 spiro atoms. The van der Waals surface area contributed by atoms with E-state index in [9.17, 15) is 4.79 Å². The summed E-state index contributed by atoms with van der Waals surface area (Å²) in [7, 11) is 0. The molecule has 1 amide bonds. The molecular formula is C18H25N3O2. The lowest BCUT2D eigenvalue weighted by Crippen LogP contribution is -2.32. The summed E-state index contributed by atoms with van der Waals surface area (Å²) in [5.41, 5.74) is 2.41. The number of amides is 1. The van der Waals surface area contributed by atoms with Gasteiger partial charge in [0.2, 0.25) is 5.91 Å². The molecule has 0 aromatic carbocycles. The average Bonchev–Trinajstić information content (AvgIpc) is 3.14. The van der Waals surface area contributed by atoms with Crippen molar-refractivity contribution in [2.75, 3.05) is 0 Å². The maximum absolute atomic E-state index is 12.2. The minimum Gasteiger partial charge on any atom is -0.469 e. The van der Waals surface area contributed by atoms with E-state index in [0.717, 1.165) is 25.0 Å². The second kappa shape index (κ2) is 6.22. The standard InChI is InChI=1S/C18H25N3O2/c1-18(2,3)21-16-8-4-7-15(14(16)12-19-21)20-17(22)10-9-13-6-5-11-23-13/h5-6,11-12,15H,4,7-10H2,1-3H3,(H,20,22)/t15-/m1/s1. The van der Waals surface area contributed by atoms with Crippen molar-refractivity contribution in [1.29, 1.82) is 0 Å². The third-order valence-electron chi connectivity index (χ3n) is 4.33. The minimum absolute atomic E-state index is 0.0290. The Bertz CT molecular complexity index is 665. The van der Waals surface area contributed by atoms with Crippen LogP contribution in [0.2, 0.25) is 0 Å². The quantitative estimate of drug-likeness (QED) is 0.941. The lowest BCUT2D eigenvalue weighted by atomic mass is 9.92. The minimum atomic E-state index is -0.0290. The summed E-state index contributed by atoms with van der Waals surface area (Å²) in [4.78, 5) is 12.2. The van der Waals surface area contributed by atoms with E-state index in [2.05, 4.69) is 35.9 Å². The van der Waals surface area contributed by atoms with Crippen molar-refractivity contribution >= 4 is 5.91 Å². The van der Waals surface area contributed by atoms with Gasteiger partial charge in [-0.2, -0.15) is 5.10 Å². The van der Waals surface area contributed by atoms with Crippen LogP contribution in [-0.4, -0.2) is 15.7 Å². The van der Waals surface area contributed by atoms with Gasteiger partial charge in [0, 0.05) is 24.1 Å². The number of carbonyl (C=O) groups excluding carboxylic acids is 1. The predicted octanol–water partition coefficient (Wildman–Crippen LogP) is 3.36. The number of fused-ring (bicyclic) bond motifs is 1. The molecule has 2 aromatic rings. The number of furan rings is 1. The fraction of sp³-hybridized carbons (Fsp3) is 0.556. The lowest BCUT2D eigenvalue weighted by Gasteiger charge is -2.28. The van der Waals surface area contributed by atoms with E-state index in [1.807, 2.05) is 18.3 Å². The molecule has 23 heavy (non-hydrogen) atoms. The van der Waals surface area contributed by atoms with Crippen LogP contribution in [0.4, 0.5) is 0 Å². The molecule has 5 heteroatoms. The molecule has 1 aliphatic carbocycles. The summed E-state index contributed by atoms with van der Waals surface area (Å²) in [6.45, 7) is 6.48. The van der Waals surface area contributed by atoms with E-state index in [4.69, 9.17) is 4.42 Å². The normalized spacial score (nSPS) is 17.8. The van der Waals surface area contributed by atoms with Gasteiger partial charge in [0.15, 0.2) is 0 Å². The largest absolute Gasteiger partial charge is 0.469 e. The molecule has 1 atom stereocenters. The second-order valence-electron chi connectivity index (χ2n) is 7.22. The highest BCUT2D eigenvalue weighted by Crippen LogP contribution is 2.32. The zero-order valence-corrected chi connectivity index (χ0v) is 14.1. The third-order valence-corrected chi connectivity index (χ3v) is 4.33. The van der Waals surface area contributed by atoms with Gasteiger partial charge < -0.3 is 9.73 Å². The topological polar surface area (TPSA) is 60.1 Å². The fourth-order valence-corrected chi connectivity index (χ4v) is 3.24. The van der Waals surface area contributed by atoms with Gasteiger partial charge in [-0.1, -0.05) is 0 Å². The van der Waals surface area contributed by atoms with Crippen LogP contribution in [-0.2, 0) is 23.2 Å². The Hall–Kier alpha value is -2.04. The molecule has 0 saturated carbocycles. The fourth-order valence-electron chi connectivity index (χ4n) is 3.24. The zero-order valence-electron chi connectivity index (χ0n) is 14.1. The molecule has 0 fully saturated rings. The van der Waals surface area contributed by atoms with E-state index < -0.39 is 0 Å². The number of nitrogens with one attached hydrogen (secondary N) is 1. The van der Waals surface area contributed by atoms with Crippen molar-refractivity contribution in [1.82, 2.24) is 15.1 Å². The van der Waals surface area contributed by atoms with Crippen LogP contribution in [0.25, 0.3) is 0 Å². The maximum atomic E-state index is 12.2. The highest BCUT2D eigenvalue weighted by atomic mass is 16.3. The third kappa shape index (κ3) is 3.49. The van der Waals surface area contributed by atoms with Gasteiger partial charge in [-0.25, -0.2) is 0 Å². The van der Waals surface area contributed by atoms with Crippen LogP contribution in [0.15, 0.2) is 29.0 Å². The van der Waals surface area contributed by atoms with E-state index in [0.29, 0.717) is 12.8 Å². The van der Waals surface area contributed by atoms with Crippen LogP contribution >= 0.6 is 0 Å². The molecule has 5 nitrogen and oxygen atoms in total. The summed E-state index contributed by atoms with van der Waals surface area (Å²) >= 11 is 0. The highest BCUT2D eigenvalue weighted by molar-refractivity contribution is 5.76. The van der Waals surface area contributed by atoms with Crippen LogP contribution in [0, 0.1) is 0 Å². The van der Waals surface area contributed by atoms with Crippen LogP contribution in [0.5, 0.6) is 0 Å². The Morgan fingerprint density at radius 2 is 2.30 bits per heavy atom. The molecule has 0 saturated heterocycles. The van der Waals surface area contributed by atoms with E-state index >= 15 is 0 Å². The molecule has 0 aliphatic heterocycles. The van der Waals surface area contributed by atoms with Gasteiger partial charge in [0.25, 0.3) is 0 Å². The lowest BCUT2D eigenvalue weighted by molar-refractivity contribution is -0.122. The summed E-state index contributed by atoms with van der Waals surface area (Å²) in [6.07, 6.45) is 7.75. The predicted molar refractivity (Wildman–Crippen MR) is 88.1 cm³/mol. The van der Waals surface area contributed by atoms with Gasteiger partial charge in [-0.05, 0) is 52.2 Å². The Morgan fingerprint density at radius 1 is 1.48 bits per heavy atom. The van der Waals surface area contributed by atoms with Gasteiger partial charge in [0.05, 0.1) is 24.0 Å². The van der Waals surface area contributed by atoms with Crippen molar-refractivity contribution in [3.05, 3.63) is 41.6 Å². The van der Waals surface area contributed by atoms with Crippen molar-refractivity contribution in [2.24, 2.45) is 0 Å². The van der Waals surface area contributed by atoms with E-state index in [-0.39, 0.29) is 17.5 Å². The van der Waals surface area contributed by atoms with Gasteiger partial charge in [0.1, 0.15) is 5.76 Å². The molecule has 0 unspecified atom stereocenters. The van der Waals surface area contributed by atoms with Crippen LogP contribution in [0.1, 0.15) is 63.1 Å². The molecule has 3 rings (SSSR count). The highest BCUT2D eigenvalue weighted by Gasteiger charge is 2.28. The number of hydrogen-bond acceptors (Lipinski definition) is 3. The molecule has 0 radical (unpaired) electrons. The van der Waals surface area contributed by atoms with E-state index in [1.165, 1.54) is 11.3 Å². The van der Waals surface area contributed by atoms with Crippen molar-refractivity contribution < 1.29 is 9.21 Å². The number of aryl methyl sites for hydroxylation is 1. The first-order chi connectivity index (χ1) is 10.9. The molecule has 2 heterocycles. The van der Waals surface area contributed by atoms with Gasteiger partial charge in [-0.3, -0.25) is 9.48 Å². The molecule has 1 N–H and O–H groups in total. The molecule has 124 valence electrons. The SMILES string of the molecule is CC(C)(C)n1ncc2c1CCC[C@H]2NC(=O)CCc1ccco1. The average molecular weight is 315 g/mol. The summed E-state index contributed by atoms with van der Waals surface area (Å²) < 4.78 is 7.38. The number of rotatable bonds is 4. The van der Waals surface area contributed by atoms with E-state index in [1.54, 1.807) is 6.26 Å². The number of carbonyl (C=O) groups is 1. The maximum Gasteiger partial charge on any atom is 0.220 e. The Kier molecular flexibility index (Phi) is 4.28. The van der Waals surface area contributed by atoms with Crippen LogP contribution in [0.3, 0.4) is 0 Å². The van der Waals surface area contributed by atoms with Crippen LogP contribution < -0.4 is 5.32 Å². The zero-order chi connectivity index (χ0) is 16.4. The smallest absolute Gasteiger partial charge is 0.220 e. The first-order valence-corrected chi connectivity index (χ1v) is 8.34. The molecule has 2 aromatic heterocycles. The first kappa shape index (κ1) is 15.8. The number of nitrogens with zero attached hydrogens (tertiary/aromatic N) is 2. The number of aromatic nitrogens is 2. The summed E-state index contributed by atoms with van der Waals surface area (Å²) in [5.74, 6) is 0.924. The van der Waals surface area contributed by atoms with Crippen molar-refractivity contribution in [2.45, 2.75) is 64.5 Å². The van der Waals surface area contributed by atoms with Gasteiger partial charge in [-0.15, -0.1) is 0 Å². The molecular weight excluding hydrogens is 290 g/mol. The van der Waals surface area contributed by atoms with Crippen molar-refractivity contribution in [3.63, 3.8) is 0 Å². The Balaban J connectivity index is 1.66. The summed E-state index contributed by atoms with van der Waals surface area (Å²) in [5, 5.41) is 7.73. The monoisotopic (exact) mass is 315 g/mol. The van der Waals surface area contributed by atoms with Gasteiger partial charge >= 0.3 is 0 Å². The Labute approximate surface area is 137 Å². The second-order valence-corrected chi connectivity index (χ2v) is 7.22. The number of hydrogen-bond donors (Lipinski definition) is 1. The first-order valence-electron chi connectivity index (χ1n) is 8.34. The Morgan fingerprint density at radius 3 is 3.00 bits per heavy atom. The van der Waals surface area contributed by atoms with Crippen molar-refractivity contribution in [3.8, 4) is 0 Å². The summed E-state index contributed by atoms with van der Waals surface area (Å²) in [6, 6.07) is 3.83. The molecule has 0 bridgehead atoms.